The minimum absolute atomic E-state index is 0.387. The fourth-order valence-corrected chi connectivity index (χ4v) is 1.97. The topological polar surface area (TPSA) is 56.5 Å². The Kier molecular flexibility index (Phi) is 3.19. The summed E-state index contributed by atoms with van der Waals surface area (Å²) < 4.78 is 10.3. The largest absolute Gasteiger partial charge is 0.426 e. The zero-order chi connectivity index (χ0) is 13.3. The summed E-state index contributed by atoms with van der Waals surface area (Å²) in [6, 6.07) is 5.02. The molecule has 0 aliphatic carbocycles. The van der Waals surface area contributed by atoms with Crippen molar-refractivity contribution in [2.45, 2.75) is 27.2 Å². The highest BCUT2D eigenvalue weighted by molar-refractivity contribution is 5.85. The standard InChI is InChI=1S/C14H14O4/c1-4-10-7-13(16)18-14-8(2)12(17-9(3)15)6-5-11(10)14/h5-7H,4H2,1-3H3. The van der Waals surface area contributed by atoms with E-state index in [1.165, 1.54) is 13.0 Å². The maximum absolute atomic E-state index is 11.5. The first-order valence-electron chi connectivity index (χ1n) is 5.77. The molecule has 0 N–H and O–H groups in total. The Hall–Kier alpha value is -2.10. The van der Waals surface area contributed by atoms with Crippen LogP contribution in [0.5, 0.6) is 5.75 Å². The first-order chi connectivity index (χ1) is 8.52. The second-order valence-corrected chi connectivity index (χ2v) is 4.10. The molecule has 0 atom stereocenters. The lowest BCUT2D eigenvalue weighted by Crippen LogP contribution is -2.05. The van der Waals surface area contributed by atoms with Gasteiger partial charge in [-0.25, -0.2) is 4.79 Å². The molecule has 94 valence electrons. The van der Waals surface area contributed by atoms with Gasteiger partial charge in [-0.1, -0.05) is 6.92 Å². The maximum Gasteiger partial charge on any atom is 0.336 e. The quantitative estimate of drug-likeness (QED) is 0.464. The number of rotatable bonds is 2. The Morgan fingerprint density at radius 3 is 2.72 bits per heavy atom. The molecule has 0 spiro atoms. The van der Waals surface area contributed by atoms with Gasteiger partial charge in [-0.15, -0.1) is 0 Å². The molecule has 0 aliphatic rings. The number of hydrogen-bond acceptors (Lipinski definition) is 4. The summed E-state index contributed by atoms with van der Waals surface area (Å²) in [6.45, 7) is 5.08. The molecule has 18 heavy (non-hydrogen) atoms. The second kappa shape index (κ2) is 4.64. The Morgan fingerprint density at radius 1 is 1.39 bits per heavy atom. The van der Waals surface area contributed by atoms with E-state index in [2.05, 4.69) is 0 Å². The average Bonchev–Trinajstić information content (AvgIpc) is 2.32. The predicted molar refractivity (Wildman–Crippen MR) is 67.9 cm³/mol. The van der Waals surface area contributed by atoms with Crippen molar-refractivity contribution in [1.82, 2.24) is 0 Å². The summed E-state index contributed by atoms with van der Waals surface area (Å²) in [5, 5.41) is 0.880. The van der Waals surface area contributed by atoms with Gasteiger partial charge >= 0.3 is 11.6 Å². The minimum atomic E-state index is -0.397. The average molecular weight is 246 g/mol. The molecule has 2 aromatic rings. The monoisotopic (exact) mass is 246 g/mol. The van der Waals surface area contributed by atoms with E-state index in [9.17, 15) is 9.59 Å². The fraction of sp³-hybridized carbons (Fsp3) is 0.286. The van der Waals surface area contributed by atoms with Crippen LogP contribution in [0.4, 0.5) is 0 Å². The fourth-order valence-electron chi connectivity index (χ4n) is 1.97. The first kappa shape index (κ1) is 12.4. The van der Waals surface area contributed by atoms with E-state index in [-0.39, 0.29) is 5.63 Å². The Labute approximate surface area is 104 Å². The number of aryl methyl sites for hydroxylation is 2. The smallest absolute Gasteiger partial charge is 0.336 e. The van der Waals surface area contributed by atoms with Crippen molar-refractivity contribution in [1.29, 1.82) is 0 Å². The van der Waals surface area contributed by atoms with Crippen molar-refractivity contribution in [3.63, 3.8) is 0 Å². The molecule has 1 heterocycles. The molecule has 0 saturated heterocycles. The Morgan fingerprint density at radius 2 is 2.11 bits per heavy atom. The molecule has 0 fully saturated rings. The third-order valence-corrected chi connectivity index (χ3v) is 2.83. The van der Waals surface area contributed by atoms with Gasteiger partial charge < -0.3 is 9.15 Å². The van der Waals surface area contributed by atoms with Gasteiger partial charge in [0.25, 0.3) is 0 Å². The van der Waals surface area contributed by atoms with Crippen LogP contribution in [-0.4, -0.2) is 5.97 Å². The molecule has 1 aromatic heterocycles. The summed E-state index contributed by atoms with van der Waals surface area (Å²) in [6.07, 6.45) is 0.744. The summed E-state index contributed by atoms with van der Waals surface area (Å²) >= 11 is 0. The highest BCUT2D eigenvalue weighted by Gasteiger charge is 2.12. The van der Waals surface area contributed by atoms with Crippen LogP contribution in [-0.2, 0) is 11.2 Å². The van der Waals surface area contributed by atoms with Gasteiger partial charge in [-0.3, -0.25) is 4.79 Å². The highest BCUT2D eigenvalue weighted by atomic mass is 16.5. The van der Waals surface area contributed by atoms with Gasteiger partial charge in [-0.2, -0.15) is 0 Å². The van der Waals surface area contributed by atoms with Crippen molar-refractivity contribution in [3.8, 4) is 5.75 Å². The molecule has 1 aromatic carbocycles. The number of carbonyl (C=O) groups excluding carboxylic acids is 1. The van der Waals surface area contributed by atoms with Crippen LogP contribution in [0.3, 0.4) is 0 Å². The molecule has 0 aliphatic heterocycles. The van der Waals surface area contributed by atoms with Crippen LogP contribution in [0.15, 0.2) is 27.4 Å². The van der Waals surface area contributed by atoms with Gasteiger partial charge in [0, 0.05) is 23.9 Å². The predicted octanol–water partition coefficient (Wildman–Crippen LogP) is 2.59. The summed E-state index contributed by atoms with van der Waals surface area (Å²) in [4.78, 5) is 22.5. The summed E-state index contributed by atoms with van der Waals surface area (Å²) in [5.74, 6) is 0.0258. The van der Waals surface area contributed by atoms with E-state index in [1.54, 1.807) is 13.0 Å². The van der Waals surface area contributed by atoms with Crippen LogP contribution < -0.4 is 10.4 Å². The third kappa shape index (κ3) is 2.14. The zero-order valence-corrected chi connectivity index (χ0v) is 10.6. The lowest BCUT2D eigenvalue weighted by molar-refractivity contribution is -0.131. The van der Waals surface area contributed by atoms with Crippen molar-refractivity contribution in [2.75, 3.05) is 0 Å². The van der Waals surface area contributed by atoms with Crippen LogP contribution in [0.1, 0.15) is 25.0 Å². The molecule has 4 nitrogen and oxygen atoms in total. The lowest BCUT2D eigenvalue weighted by atomic mass is 10.0. The number of carbonyl (C=O) groups is 1. The van der Waals surface area contributed by atoms with Crippen LogP contribution in [0.25, 0.3) is 11.0 Å². The first-order valence-corrected chi connectivity index (χ1v) is 5.77. The van der Waals surface area contributed by atoms with Gasteiger partial charge in [0.1, 0.15) is 11.3 Å². The highest BCUT2D eigenvalue weighted by Crippen LogP contribution is 2.28. The number of benzene rings is 1. The van der Waals surface area contributed by atoms with Gasteiger partial charge in [0.05, 0.1) is 0 Å². The van der Waals surface area contributed by atoms with E-state index in [0.717, 1.165) is 17.4 Å². The van der Waals surface area contributed by atoms with Crippen molar-refractivity contribution in [2.24, 2.45) is 0 Å². The van der Waals surface area contributed by atoms with E-state index in [4.69, 9.17) is 9.15 Å². The Bertz CT molecular complexity index is 667. The third-order valence-electron chi connectivity index (χ3n) is 2.83. The molecule has 4 heteroatoms. The van der Waals surface area contributed by atoms with E-state index >= 15 is 0 Å². The van der Waals surface area contributed by atoms with Crippen LogP contribution in [0, 0.1) is 6.92 Å². The summed E-state index contributed by atoms with van der Waals surface area (Å²) in [5.41, 5.74) is 1.69. The van der Waals surface area contributed by atoms with E-state index in [1.807, 2.05) is 13.0 Å². The van der Waals surface area contributed by atoms with Crippen LogP contribution in [0.2, 0.25) is 0 Å². The van der Waals surface area contributed by atoms with Crippen molar-refractivity contribution < 1.29 is 13.9 Å². The van der Waals surface area contributed by atoms with Gasteiger partial charge in [0.15, 0.2) is 0 Å². The number of ether oxygens (including phenoxy) is 1. The van der Waals surface area contributed by atoms with Crippen molar-refractivity contribution >= 4 is 16.9 Å². The van der Waals surface area contributed by atoms with Gasteiger partial charge in [0.2, 0.25) is 0 Å². The number of hydrogen-bond donors (Lipinski definition) is 0. The number of fused-ring (bicyclic) bond motifs is 1. The molecule has 0 saturated carbocycles. The molecular formula is C14H14O4. The second-order valence-electron chi connectivity index (χ2n) is 4.10. The molecule has 0 radical (unpaired) electrons. The minimum Gasteiger partial charge on any atom is -0.426 e. The molecule has 0 amide bonds. The molecule has 0 unspecified atom stereocenters. The number of esters is 1. The zero-order valence-electron chi connectivity index (χ0n) is 10.6. The van der Waals surface area contributed by atoms with Crippen LogP contribution >= 0.6 is 0 Å². The lowest BCUT2D eigenvalue weighted by Gasteiger charge is -2.09. The normalized spacial score (nSPS) is 10.6. The molecule has 0 bridgehead atoms. The Balaban J connectivity index is 2.74. The van der Waals surface area contributed by atoms with E-state index < -0.39 is 5.97 Å². The van der Waals surface area contributed by atoms with Crippen molar-refractivity contribution in [3.05, 3.63) is 39.7 Å². The molecule has 2 rings (SSSR count). The molecular weight excluding hydrogens is 232 g/mol. The van der Waals surface area contributed by atoms with Gasteiger partial charge in [-0.05, 0) is 31.0 Å². The van der Waals surface area contributed by atoms with E-state index in [0.29, 0.717) is 16.9 Å². The maximum atomic E-state index is 11.5. The summed E-state index contributed by atoms with van der Waals surface area (Å²) in [7, 11) is 0. The SMILES string of the molecule is CCc1cc(=O)oc2c(C)c(OC(C)=O)ccc12.